The topological polar surface area (TPSA) is 58.2 Å². The van der Waals surface area contributed by atoms with E-state index in [2.05, 4.69) is 10.6 Å². The third kappa shape index (κ3) is 6.87. The summed E-state index contributed by atoms with van der Waals surface area (Å²) < 4.78 is 12.6. The first-order chi connectivity index (χ1) is 14.5. The fourth-order valence-electron chi connectivity index (χ4n) is 2.68. The van der Waals surface area contributed by atoms with Gasteiger partial charge in [0.25, 0.3) is 5.91 Å². The van der Waals surface area contributed by atoms with Crippen LogP contribution in [0, 0.1) is 5.82 Å². The summed E-state index contributed by atoms with van der Waals surface area (Å²) in [7, 11) is 0. The number of halogens is 3. The molecule has 30 heavy (non-hydrogen) atoms. The molecule has 0 fully saturated rings. The largest absolute Gasteiger partial charge is 0.352 e. The molecular weight excluding hydrogens is 426 g/mol. The number of rotatable bonds is 6. The van der Waals surface area contributed by atoms with Crippen LogP contribution in [0.4, 0.5) is 4.39 Å². The standard InChI is InChI=1S/C14H12ClNO.C9H9ClFNO/c15-13-8-6-12(7-9-13)14(16-10-17)11-4-2-1-3-5-11;1-2-12-9(13)7-4-3-6(11)5-8(7)10/h1-10,14H,(H,16,17);3-5H,2H2,1H3,(H,12,13). The second-order valence-electron chi connectivity index (χ2n) is 6.16. The van der Waals surface area contributed by atoms with E-state index < -0.39 is 5.82 Å². The molecule has 3 rings (SSSR count). The highest BCUT2D eigenvalue weighted by molar-refractivity contribution is 6.33. The van der Waals surface area contributed by atoms with Crippen LogP contribution < -0.4 is 10.6 Å². The van der Waals surface area contributed by atoms with Gasteiger partial charge in [-0.05, 0) is 48.4 Å². The van der Waals surface area contributed by atoms with Crippen LogP contribution in [0.1, 0.15) is 34.5 Å². The molecule has 3 aromatic rings. The highest BCUT2D eigenvalue weighted by Crippen LogP contribution is 2.23. The monoisotopic (exact) mass is 446 g/mol. The zero-order valence-corrected chi connectivity index (χ0v) is 17.8. The first kappa shape index (κ1) is 23.4. The van der Waals surface area contributed by atoms with Gasteiger partial charge in [-0.3, -0.25) is 9.59 Å². The van der Waals surface area contributed by atoms with Crippen molar-refractivity contribution in [3.63, 3.8) is 0 Å². The van der Waals surface area contributed by atoms with Crippen molar-refractivity contribution in [2.75, 3.05) is 6.54 Å². The van der Waals surface area contributed by atoms with Crippen molar-refractivity contribution in [3.8, 4) is 0 Å². The molecule has 156 valence electrons. The smallest absolute Gasteiger partial charge is 0.252 e. The molecule has 2 N–H and O–H groups in total. The van der Waals surface area contributed by atoms with Gasteiger partial charge in [0.1, 0.15) is 5.82 Å². The fraction of sp³-hybridized carbons (Fsp3) is 0.130. The van der Waals surface area contributed by atoms with Gasteiger partial charge < -0.3 is 10.6 Å². The van der Waals surface area contributed by atoms with Gasteiger partial charge in [-0.2, -0.15) is 0 Å². The predicted octanol–water partition coefficient (Wildman–Crippen LogP) is 5.40. The Morgan fingerprint density at radius 1 is 1.00 bits per heavy atom. The molecule has 0 aliphatic rings. The molecule has 2 amide bonds. The van der Waals surface area contributed by atoms with E-state index in [4.69, 9.17) is 23.2 Å². The molecule has 0 heterocycles. The zero-order valence-electron chi connectivity index (χ0n) is 16.2. The lowest BCUT2D eigenvalue weighted by Gasteiger charge is -2.17. The summed E-state index contributed by atoms with van der Waals surface area (Å²) in [5, 5.41) is 6.20. The van der Waals surface area contributed by atoms with Gasteiger partial charge in [0.05, 0.1) is 16.6 Å². The first-order valence-corrected chi connectivity index (χ1v) is 9.95. The first-order valence-electron chi connectivity index (χ1n) is 9.19. The van der Waals surface area contributed by atoms with Crippen LogP contribution in [0.25, 0.3) is 0 Å². The Bertz CT molecular complexity index is 967. The number of benzene rings is 3. The second kappa shape index (κ2) is 12.0. The highest BCUT2D eigenvalue weighted by atomic mass is 35.5. The van der Waals surface area contributed by atoms with E-state index in [1.54, 1.807) is 6.92 Å². The van der Waals surface area contributed by atoms with Gasteiger partial charge in [0.15, 0.2) is 0 Å². The van der Waals surface area contributed by atoms with Crippen LogP contribution in [-0.4, -0.2) is 18.9 Å². The van der Waals surface area contributed by atoms with Gasteiger partial charge in [-0.1, -0.05) is 65.7 Å². The maximum atomic E-state index is 12.6. The Hall–Kier alpha value is -2.89. The maximum Gasteiger partial charge on any atom is 0.252 e. The minimum atomic E-state index is -0.446. The molecule has 3 aromatic carbocycles. The van der Waals surface area contributed by atoms with Crippen LogP contribution >= 0.6 is 23.2 Å². The molecule has 0 bridgehead atoms. The van der Waals surface area contributed by atoms with Crippen LogP contribution in [0.2, 0.25) is 10.0 Å². The molecule has 7 heteroatoms. The summed E-state index contributed by atoms with van der Waals surface area (Å²) in [6, 6.07) is 20.8. The summed E-state index contributed by atoms with van der Waals surface area (Å²) in [5.74, 6) is -0.731. The van der Waals surface area contributed by atoms with Crippen molar-refractivity contribution in [1.82, 2.24) is 10.6 Å². The molecule has 0 saturated carbocycles. The lowest BCUT2D eigenvalue weighted by Crippen LogP contribution is -2.22. The number of hydrogen-bond donors (Lipinski definition) is 2. The van der Waals surface area contributed by atoms with E-state index in [1.165, 1.54) is 12.1 Å². The van der Waals surface area contributed by atoms with Gasteiger partial charge in [0, 0.05) is 11.6 Å². The Morgan fingerprint density at radius 3 is 2.20 bits per heavy atom. The zero-order chi connectivity index (χ0) is 21.9. The Balaban J connectivity index is 0.000000222. The van der Waals surface area contributed by atoms with Gasteiger partial charge in [-0.25, -0.2) is 4.39 Å². The lowest BCUT2D eigenvalue weighted by atomic mass is 9.99. The van der Waals surface area contributed by atoms with Crippen LogP contribution in [0.15, 0.2) is 72.8 Å². The number of carbonyl (C=O) groups is 2. The Morgan fingerprint density at radius 2 is 1.63 bits per heavy atom. The van der Waals surface area contributed by atoms with Crippen molar-refractivity contribution in [3.05, 3.63) is 105 Å². The molecule has 0 aliphatic carbocycles. The molecule has 0 aromatic heterocycles. The van der Waals surface area contributed by atoms with Gasteiger partial charge in [0.2, 0.25) is 6.41 Å². The van der Waals surface area contributed by atoms with Crippen LogP contribution in [0.3, 0.4) is 0 Å². The van der Waals surface area contributed by atoms with Crippen molar-refractivity contribution < 1.29 is 14.0 Å². The second-order valence-corrected chi connectivity index (χ2v) is 7.01. The average Bonchev–Trinajstić information content (AvgIpc) is 2.74. The third-order valence-corrected chi connectivity index (χ3v) is 4.65. The molecule has 4 nitrogen and oxygen atoms in total. The number of hydrogen-bond acceptors (Lipinski definition) is 2. The summed E-state index contributed by atoms with van der Waals surface area (Å²) >= 11 is 11.5. The minimum Gasteiger partial charge on any atom is -0.352 e. The molecule has 0 spiro atoms. The van der Waals surface area contributed by atoms with E-state index in [0.717, 1.165) is 17.2 Å². The fourth-order valence-corrected chi connectivity index (χ4v) is 3.06. The predicted molar refractivity (Wildman–Crippen MR) is 118 cm³/mol. The number of amides is 2. The van der Waals surface area contributed by atoms with E-state index in [-0.39, 0.29) is 17.0 Å². The summed E-state index contributed by atoms with van der Waals surface area (Å²) in [6.07, 6.45) is 0.715. The average molecular weight is 447 g/mol. The molecular formula is C23H21Cl2FN2O2. The summed E-state index contributed by atoms with van der Waals surface area (Å²) in [6.45, 7) is 2.32. The molecule has 0 radical (unpaired) electrons. The Labute approximate surface area is 185 Å². The molecule has 0 aliphatic heterocycles. The van der Waals surface area contributed by atoms with Crippen molar-refractivity contribution in [2.45, 2.75) is 13.0 Å². The summed E-state index contributed by atoms with van der Waals surface area (Å²) in [4.78, 5) is 22.0. The SMILES string of the molecule is CCNC(=O)c1ccc(F)cc1Cl.O=CNC(c1ccccc1)c1ccc(Cl)cc1. The summed E-state index contributed by atoms with van der Waals surface area (Å²) in [5.41, 5.74) is 2.35. The van der Waals surface area contributed by atoms with E-state index in [1.807, 2.05) is 54.6 Å². The van der Waals surface area contributed by atoms with Crippen LogP contribution in [0.5, 0.6) is 0 Å². The van der Waals surface area contributed by atoms with Gasteiger partial charge >= 0.3 is 0 Å². The van der Waals surface area contributed by atoms with Crippen molar-refractivity contribution in [1.29, 1.82) is 0 Å². The van der Waals surface area contributed by atoms with E-state index in [0.29, 0.717) is 23.5 Å². The third-order valence-electron chi connectivity index (χ3n) is 4.08. The molecule has 0 saturated heterocycles. The lowest BCUT2D eigenvalue weighted by molar-refractivity contribution is -0.110. The van der Waals surface area contributed by atoms with Crippen molar-refractivity contribution in [2.24, 2.45) is 0 Å². The maximum absolute atomic E-state index is 12.6. The normalized spacial score (nSPS) is 10.9. The quantitative estimate of drug-likeness (QED) is 0.497. The van der Waals surface area contributed by atoms with E-state index in [9.17, 15) is 14.0 Å². The number of nitrogens with one attached hydrogen (secondary N) is 2. The Kier molecular flexibility index (Phi) is 9.32. The van der Waals surface area contributed by atoms with Crippen molar-refractivity contribution >= 4 is 35.5 Å². The molecule has 1 atom stereocenters. The molecule has 1 unspecified atom stereocenters. The van der Waals surface area contributed by atoms with Crippen LogP contribution in [-0.2, 0) is 4.79 Å². The van der Waals surface area contributed by atoms with Gasteiger partial charge in [-0.15, -0.1) is 0 Å². The number of carbonyl (C=O) groups excluding carboxylic acids is 2. The minimum absolute atomic E-state index is 0.131. The highest BCUT2D eigenvalue weighted by Gasteiger charge is 2.12. The van der Waals surface area contributed by atoms with E-state index >= 15 is 0 Å².